The zero-order chi connectivity index (χ0) is 20.0. The number of phenolic OH excluding ortho intramolecular Hbond substituents is 1. The van der Waals surface area contributed by atoms with Crippen molar-refractivity contribution in [2.45, 2.75) is 26.1 Å². The van der Waals surface area contributed by atoms with Gasteiger partial charge in [-0.3, -0.25) is 4.79 Å². The average molecular weight is 442 g/mol. The number of phenols is 1. The highest BCUT2D eigenvalue weighted by Crippen LogP contribution is 2.43. The van der Waals surface area contributed by atoms with Gasteiger partial charge in [-0.15, -0.1) is 11.3 Å². The lowest BCUT2D eigenvalue weighted by Crippen LogP contribution is -2.39. The Bertz CT molecular complexity index is 978. The molecule has 2 aliphatic heterocycles. The summed E-state index contributed by atoms with van der Waals surface area (Å²) in [5.41, 5.74) is 1.92. The van der Waals surface area contributed by atoms with Crippen LogP contribution in [0.2, 0.25) is 10.0 Å². The second kappa shape index (κ2) is 7.35. The van der Waals surface area contributed by atoms with Gasteiger partial charge in [0.1, 0.15) is 16.9 Å². The number of benzene rings is 1. The molecule has 2 amide bonds. The van der Waals surface area contributed by atoms with E-state index >= 15 is 0 Å². The maximum Gasteiger partial charge on any atom is 0.410 e. The quantitative estimate of drug-likeness (QED) is 0.651. The number of hydrogen-bond donors (Lipinski definition) is 3. The Kier molecular flexibility index (Phi) is 5.03. The molecule has 0 aliphatic carbocycles. The molecule has 0 spiro atoms. The van der Waals surface area contributed by atoms with Gasteiger partial charge in [-0.05, 0) is 31.0 Å². The summed E-state index contributed by atoms with van der Waals surface area (Å²) in [6.45, 7) is 2.99. The number of halogens is 2. The van der Waals surface area contributed by atoms with Crippen LogP contribution in [0.4, 0.5) is 9.80 Å². The number of thiophene rings is 1. The summed E-state index contributed by atoms with van der Waals surface area (Å²) in [5, 5.41) is 17.5. The summed E-state index contributed by atoms with van der Waals surface area (Å²) in [4.78, 5) is 27.4. The van der Waals surface area contributed by atoms with Crippen LogP contribution in [0, 0.1) is 0 Å². The van der Waals surface area contributed by atoms with E-state index in [9.17, 15) is 14.7 Å². The number of fused-ring (bicyclic) bond motifs is 3. The first-order valence-corrected chi connectivity index (χ1v) is 10.3. The van der Waals surface area contributed by atoms with Gasteiger partial charge < -0.3 is 25.4 Å². The normalized spacial score (nSPS) is 18.0. The Morgan fingerprint density at radius 1 is 1.39 bits per heavy atom. The highest BCUT2D eigenvalue weighted by molar-refractivity contribution is 7.16. The van der Waals surface area contributed by atoms with E-state index in [0.717, 1.165) is 10.4 Å². The Hall–Kier alpha value is -2.16. The first-order valence-electron chi connectivity index (χ1n) is 8.70. The highest BCUT2D eigenvalue weighted by atomic mass is 35.5. The Morgan fingerprint density at radius 2 is 2.18 bits per heavy atom. The van der Waals surface area contributed by atoms with Gasteiger partial charge in [-0.2, -0.15) is 0 Å². The van der Waals surface area contributed by atoms with Crippen molar-refractivity contribution in [1.82, 2.24) is 10.2 Å². The second-order valence-electron chi connectivity index (χ2n) is 6.45. The van der Waals surface area contributed by atoms with Crippen LogP contribution in [-0.4, -0.2) is 35.2 Å². The minimum absolute atomic E-state index is 0.111. The molecular formula is C18H17Cl2N3O4S. The zero-order valence-electron chi connectivity index (χ0n) is 14.8. The summed E-state index contributed by atoms with van der Waals surface area (Å²) < 4.78 is 5.07. The number of carbonyl (C=O) groups is 2. The van der Waals surface area contributed by atoms with Gasteiger partial charge >= 0.3 is 6.09 Å². The fourth-order valence-electron chi connectivity index (χ4n) is 3.45. The summed E-state index contributed by atoms with van der Waals surface area (Å²) >= 11 is 13.5. The molecule has 0 radical (unpaired) electrons. The minimum Gasteiger partial charge on any atom is -0.506 e. The van der Waals surface area contributed by atoms with Crippen LogP contribution in [0.1, 0.15) is 39.5 Å². The highest BCUT2D eigenvalue weighted by Gasteiger charge is 2.35. The predicted octanol–water partition coefficient (Wildman–Crippen LogP) is 4.13. The molecule has 0 saturated heterocycles. The maximum atomic E-state index is 12.8. The molecule has 3 heterocycles. The van der Waals surface area contributed by atoms with Gasteiger partial charge in [-0.25, -0.2) is 4.79 Å². The minimum atomic E-state index is -0.669. The molecule has 0 saturated carbocycles. The zero-order valence-corrected chi connectivity index (χ0v) is 17.2. The third-order valence-electron chi connectivity index (χ3n) is 4.73. The van der Waals surface area contributed by atoms with Crippen LogP contribution < -0.4 is 10.6 Å². The Labute approximate surface area is 175 Å². The molecule has 1 unspecified atom stereocenters. The fourth-order valence-corrected chi connectivity index (χ4v) is 5.25. The molecule has 1 atom stereocenters. The van der Waals surface area contributed by atoms with Crippen molar-refractivity contribution in [1.29, 1.82) is 0 Å². The number of aromatic hydroxyl groups is 1. The number of nitrogens with one attached hydrogen (secondary N) is 2. The molecule has 4 rings (SSSR count). The largest absolute Gasteiger partial charge is 0.506 e. The summed E-state index contributed by atoms with van der Waals surface area (Å²) in [6, 6.07) is 2.99. The van der Waals surface area contributed by atoms with Crippen LogP contribution in [0.15, 0.2) is 12.1 Å². The maximum absolute atomic E-state index is 12.8. The third-order valence-corrected chi connectivity index (χ3v) is 6.38. The van der Waals surface area contributed by atoms with Crippen LogP contribution in [0.5, 0.6) is 5.75 Å². The first-order chi connectivity index (χ1) is 13.4. The van der Waals surface area contributed by atoms with Crippen LogP contribution in [0.25, 0.3) is 0 Å². The first kappa shape index (κ1) is 19.2. The number of nitrogens with zero attached hydrogens (tertiary/aromatic N) is 1. The van der Waals surface area contributed by atoms with Gasteiger partial charge in [-0.1, -0.05) is 23.2 Å². The molecule has 0 fully saturated rings. The van der Waals surface area contributed by atoms with E-state index in [2.05, 4.69) is 10.6 Å². The van der Waals surface area contributed by atoms with Gasteiger partial charge in [0.15, 0.2) is 0 Å². The number of hydrogen-bond acceptors (Lipinski definition) is 6. The van der Waals surface area contributed by atoms with E-state index in [-0.39, 0.29) is 22.8 Å². The van der Waals surface area contributed by atoms with E-state index in [1.807, 2.05) is 0 Å². The van der Waals surface area contributed by atoms with Crippen LogP contribution >= 0.6 is 34.5 Å². The number of ether oxygens (including phenoxy) is 1. The molecule has 2 aliphatic rings. The van der Waals surface area contributed by atoms with Crippen molar-refractivity contribution in [3.8, 4) is 5.75 Å². The molecule has 3 N–H and O–H groups in total. The summed E-state index contributed by atoms with van der Waals surface area (Å²) in [5.74, 6) is -0.376. The molecule has 0 bridgehead atoms. The van der Waals surface area contributed by atoms with Crippen molar-refractivity contribution in [3.05, 3.63) is 43.7 Å². The number of amides is 2. The standard InChI is InChI=1S/C18H17Cl2N3O4S/c1-2-27-18(26)23-4-3-9-12(7-23)28-17-13(9)16(25)21-15(22-17)10-5-8(19)6-11(20)14(10)24/h5-6,15,22,24H,2-4,7H2,1H3,(H,21,25). The van der Waals surface area contributed by atoms with Crippen LogP contribution in [0.3, 0.4) is 0 Å². The molecule has 2 aromatic rings. The van der Waals surface area contributed by atoms with Crippen molar-refractivity contribution in [2.24, 2.45) is 0 Å². The second-order valence-corrected chi connectivity index (χ2v) is 8.40. The Balaban J connectivity index is 1.64. The molecule has 1 aromatic heterocycles. The van der Waals surface area contributed by atoms with Crippen molar-refractivity contribution in [3.63, 3.8) is 0 Å². The molecule has 7 nitrogen and oxygen atoms in total. The Morgan fingerprint density at radius 3 is 2.93 bits per heavy atom. The van der Waals surface area contributed by atoms with E-state index in [0.29, 0.717) is 47.3 Å². The van der Waals surface area contributed by atoms with Gasteiger partial charge in [0.05, 0.1) is 23.7 Å². The number of rotatable bonds is 2. The smallest absolute Gasteiger partial charge is 0.410 e. The molecular weight excluding hydrogens is 425 g/mol. The van der Waals surface area contributed by atoms with Crippen molar-refractivity contribution >= 4 is 51.5 Å². The average Bonchev–Trinajstić information content (AvgIpc) is 3.02. The van der Waals surface area contributed by atoms with E-state index in [1.54, 1.807) is 17.9 Å². The van der Waals surface area contributed by atoms with Crippen LogP contribution in [-0.2, 0) is 17.7 Å². The monoisotopic (exact) mass is 441 g/mol. The molecule has 10 heteroatoms. The number of anilines is 1. The molecule has 1 aromatic carbocycles. The third kappa shape index (κ3) is 3.25. The lowest BCUT2D eigenvalue weighted by Gasteiger charge is -2.28. The van der Waals surface area contributed by atoms with Gasteiger partial charge in [0, 0.05) is 22.0 Å². The van der Waals surface area contributed by atoms with E-state index in [4.69, 9.17) is 27.9 Å². The SMILES string of the molecule is CCOC(=O)N1CCc2c(sc3c2C(=O)NC(c2cc(Cl)cc(Cl)c2O)N3)C1. The van der Waals surface area contributed by atoms with Crippen molar-refractivity contribution in [2.75, 3.05) is 18.5 Å². The predicted molar refractivity (Wildman–Crippen MR) is 107 cm³/mol. The van der Waals surface area contributed by atoms with Gasteiger partial charge in [0.25, 0.3) is 5.91 Å². The topological polar surface area (TPSA) is 90.9 Å². The number of carbonyl (C=O) groups excluding carboxylic acids is 2. The lowest BCUT2D eigenvalue weighted by atomic mass is 10.0. The summed E-state index contributed by atoms with van der Waals surface area (Å²) in [7, 11) is 0. The van der Waals surface area contributed by atoms with Gasteiger partial charge in [0.2, 0.25) is 0 Å². The van der Waals surface area contributed by atoms with E-state index < -0.39 is 6.17 Å². The van der Waals surface area contributed by atoms with Crippen molar-refractivity contribution < 1.29 is 19.4 Å². The fraction of sp³-hybridized carbons (Fsp3) is 0.333. The lowest BCUT2D eigenvalue weighted by molar-refractivity contribution is 0.0934. The summed E-state index contributed by atoms with van der Waals surface area (Å²) in [6.07, 6.45) is -0.445. The van der Waals surface area contributed by atoms with E-state index in [1.165, 1.54) is 17.4 Å². The molecule has 28 heavy (non-hydrogen) atoms. The molecule has 148 valence electrons.